The molecule has 1 aliphatic heterocycles. The molecule has 0 fully saturated rings. The first-order valence-electron chi connectivity index (χ1n) is 5.36. The number of hydrogen-bond donors (Lipinski definition) is 2. The number of fused-ring (bicyclic) bond motifs is 1. The van der Waals surface area contributed by atoms with Gasteiger partial charge in [-0.2, -0.15) is 0 Å². The van der Waals surface area contributed by atoms with Gasteiger partial charge in [0.1, 0.15) is 0 Å². The van der Waals surface area contributed by atoms with E-state index in [1.807, 2.05) is 0 Å². The molecule has 0 atom stereocenters. The van der Waals surface area contributed by atoms with Crippen LogP contribution in [0.15, 0.2) is 6.07 Å². The lowest BCUT2D eigenvalue weighted by molar-refractivity contribution is -0.138. The van der Waals surface area contributed by atoms with Crippen LogP contribution in [0.4, 0.5) is 4.39 Å². The van der Waals surface area contributed by atoms with E-state index in [0.717, 1.165) is 6.07 Å². The number of carboxylic acids is 1. The highest BCUT2D eigenvalue weighted by Crippen LogP contribution is 2.47. The number of phenolic OH excluding ortho intramolecular Hbond substituents is 1. The van der Waals surface area contributed by atoms with Gasteiger partial charge in [0.2, 0.25) is 6.79 Å². The summed E-state index contributed by atoms with van der Waals surface area (Å²) >= 11 is 0. The van der Waals surface area contributed by atoms with Gasteiger partial charge in [0.15, 0.2) is 23.1 Å². The third-order valence-electron chi connectivity index (χ3n) is 2.85. The van der Waals surface area contributed by atoms with Crippen molar-refractivity contribution in [3.8, 4) is 17.2 Å². The molecule has 0 saturated carbocycles. The molecular formula is C12H13FO5. The molecule has 1 aromatic rings. The van der Waals surface area contributed by atoms with Gasteiger partial charge < -0.3 is 19.7 Å². The predicted octanol–water partition coefficient (Wildman–Crippen LogP) is 2.01. The van der Waals surface area contributed by atoms with Crippen molar-refractivity contribution < 1.29 is 28.9 Å². The van der Waals surface area contributed by atoms with Gasteiger partial charge in [-0.05, 0) is 0 Å². The van der Waals surface area contributed by atoms with Gasteiger partial charge in [-0.25, -0.2) is 4.39 Å². The van der Waals surface area contributed by atoms with Gasteiger partial charge in [0.25, 0.3) is 0 Å². The number of benzene rings is 1. The van der Waals surface area contributed by atoms with Crippen molar-refractivity contribution in [2.24, 2.45) is 0 Å². The Morgan fingerprint density at radius 3 is 2.78 bits per heavy atom. The predicted molar refractivity (Wildman–Crippen MR) is 59.5 cm³/mol. The Bertz CT molecular complexity index is 510. The van der Waals surface area contributed by atoms with Crippen molar-refractivity contribution in [2.75, 3.05) is 6.79 Å². The molecule has 0 radical (unpaired) electrons. The second-order valence-electron chi connectivity index (χ2n) is 4.77. The first-order valence-corrected chi connectivity index (χ1v) is 5.36. The van der Waals surface area contributed by atoms with E-state index in [1.165, 1.54) is 0 Å². The highest BCUT2D eigenvalue weighted by molar-refractivity contribution is 5.70. The maximum Gasteiger partial charge on any atom is 0.304 e. The van der Waals surface area contributed by atoms with Crippen molar-refractivity contribution in [3.05, 3.63) is 17.4 Å². The third kappa shape index (κ3) is 1.94. The Labute approximate surface area is 103 Å². The van der Waals surface area contributed by atoms with Crippen molar-refractivity contribution in [3.63, 3.8) is 0 Å². The second-order valence-corrected chi connectivity index (χ2v) is 4.77. The van der Waals surface area contributed by atoms with Crippen LogP contribution >= 0.6 is 0 Å². The average Bonchev–Trinajstić information content (AvgIpc) is 2.63. The third-order valence-corrected chi connectivity index (χ3v) is 2.85. The van der Waals surface area contributed by atoms with Crippen LogP contribution in [0.25, 0.3) is 0 Å². The summed E-state index contributed by atoms with van der Waals surface area (Å²) in [4.78, 5) is 10.8. The minimum Gasteiger partial charge on any atom is -0.505 e. The standard InChI is InChI=1S/C12H13FO5/c1-12(2,4-8(15)16)9-10(13)6(14)3-7-11(9)18-5-17-7/h3,14H,4-5H2,1-2H3,(H,15,16). The molecule has 98 valence electrons. The molecule has 0 spiro atoms. The van der Waals surface area contributed by atoms with Crippen LogP contribution in [-0.4, -0.2) is 23.0 Å². The smallest absolute Gasteiger partial charge is 0.304 e. The molecule has 5 nitrogen and oxygen atoms in total. The molecule has 0 unspecified atom stereocenters. The van der Waals surface area contributed by atoms with Crippen LogP contribution in [0.1, 0.15) is 25.8 Å². The van der Waals surface area contributed by atoms with E-state index >= 15 is 0 Å². The molecule has 6 heteroatoms. The zero-order valence-electron chi connectivity index (χ0n) is 9.99. The second kappa shape index (κ2) is 4.04. The fourth-order valence-electron chi connectivity index (χ4n) is 2.08. The van der Waals surface area contributed by atoms with E-state index in [-0.39, 0.29) is 30.3 Å². The van der Waals surface area contributed by atoms with Gasteiger partial charge in [0, 0.05) is 17.0 Å². The van der Waals surface area contributed by atoms with Crippen LogP contribution in [0, 0.1) is 5.82 Å². The molecule has 0 amide bonds. The SMILES string of the molecule is CC(C)(CC(=O)O)c1c(F)c(O)cc2c1OCO2. The first-order chi connectivity index (χ1) is 8.33. The molecule has 2 rings (SSSR count). The molecule has 0 bridgehead atoms. The molecular weight excluding hydrogens is 243 g/mol. The van der Waals surface area contributed by atoms with E-state index < -0.39 is 23.0 Å². The van der Waals surface area contributed by atoms with Gasteiger partial charge in [-0.3, -0.25) is 4.79 Å². The summed E-state index contributed by atoms with van der Waals surface area (Å²) in [5.74, 6) is -2.12. The Hall–Kier alpha value is -1.98. The van der Waals surface area contributed by atoms with Gasteiger partial charge in [-0.15, -0.1) is 0 Å². The highest BCUT2D eigenvalue weighted by Gasteiger charge is 2.36. The summed E-state index contributed by atoms with van der Waals surface area (Å²) < 4.78 is 24.3. The Morgan fingerprint density at radius 2 is 2.17 bits per heavy atom. The lowest BCUT2D eigenvalue weighted by Gasteiger charge is -2.25. The summed E-state index contributed by atoms with van der Waals surface area (Å²) in [7, 11) is 0. The van der Waals surface area contributed by atoms with Crippen molar-refractivity contribution in [1.82, 2.24) is 0 Å². The average molecular weight is 256 g/mol. The zero-order chi connectivity index (χ0) is 13.5. The van der Waals surface area contributed by atoms with Crippen LogP contribution < -0.4 is 9.47 Å². The molecule has 18 heavy (non-hydrogen) atoms. The van der Waals surface area contributed by atoms with Crippen LogP contribution in [0.5, 0.6) is 17.2 Å². The summed E-state index contributed by atoms with van der Waals surface area (Å²) in [6, 6.07) is 1.12. The normalized spacial score (nSPS) is 13.7. The van der Waals surface area contributed by atoms with Crippen molar-refractivity contribution >= 4 is 5.97 Å². The van der Waals surface area contributed by atoms with Crippen LogP contribution in [-0.2, 0) is 10.2 Å². The molecule has 1 heterocycles. The van der Waals surface area contributed by atoms with E-state index in [2.05, 4.69) is 0 Å². The quantitative estimate of drug-likeness (QED) is 0.865. The molecule has 0 aromatic heterocycles. The number of halogens is 1. The number of ether oxygens (including phenoxy) is 2. The number of carboxylic acid groups (broad SMARTS) is 1. The summed E-state index contributed by atoms with van der Waals surface area (Å²) in [5.41, 5.74) is -0.996. The molecule has 1 aliphatic rings. The molecule has 0 saturated heterocycles. The molecule has 1 aromatic carbocycles. The maximum atomic E-state index is 14.0. The number of rotatable bonds is 3. The van der Waals surface area contributed by atoms with Gasteiger partial charge in [-0.1, -0.05) is 13.8 Å². The van der Waals surface area contributed by atoms with E-state index in [9.17, 15) is 14.3 Å². The van der Waals surface area contributed by atoms with E-state index in [4.69, 9.17) is 14.6 Å². The topological polar surface area (TPSA) is 76.0 Å². The Balaban J connectivity index is 2.59. The number of aliphatic carboxylic acids is 1. The van der Waals surface area contributed by atoms with E-state index in [0.29, 0.717) is 0 Å². The minimum atomic E-state index is -1.06. The number of carbonyl (C=O) groups is 1. The minimum absolute atomic E-state index is 0.0254. The van der Waals surface area contributed by atoms with Gasteiger partial charge >= 0.3 is 5.97 Å². The maximum absolute atomic E-state index is 14.0. The largest absolute Gasteiger partial charge is 0.505 e. The number of hydrogen-bond acceptors (Lipinski definition) is 4. The molecule has 0 aliphatic carbocycles. The van der Waals surface area contributed by atoms with E-state index in [1.54, 1.807) is 13.8 Å². The van der Waals surface area contributed by atoms with Gasteiger partial charge in [0.05, 0.1) is 6.42 Å². The van der Waals surface area contributed by atoms with Crippen molar-refractivity contribution in [2.45, 2.75) is 25.7 Å². The number of aromatic hydroxyl groups is 1. The first kappa shape index (κ1) is 12.5. The lowest BCUT2D eigenvalue weighted by Crippen LogP contribution is -2.23. The fourth-order valence-corrected chi connectivity index (χ4v) is 2.08. The Kier molecular flexibility index (Phi) is 2.80. The summed E-state index contributed by atoms with van der Waals surface area (Å²) in [6.45, 7) is 3.07. The van der Waals surface area contributed by atoms with Crippen LogP contribution in [0.3, 0.4) is 0 Å². The monoisotopic (exact) mass is 256 g/mol. The highest BCUT2D eigenvalue weighted by atomic mass is 19.1. The Morgan fingerprint density at radius 1 is 1.50 bits per heavy atom. The molecule has 2 N–H and O–H groups in total. The van der Waals surface area contributed by atoms with Crippen molar-refractivity contribution in [1.29, 1.82) is 0 Å². The lowest BCUT2D eigenvalue weighted by atomic mass is 9.80. The number of phenols is 1. The van der Waals surface area contributed by atoms with Crippen LogP contribution in [0.2, 0.25) is 0 Å². The zero-order valence-corrected chi connectivity index (χ0v) is 9.99. The summed E-state index contributed by atoms with van der Waals surface area (Å²) in [6.07, 6.45) is -0.289. The fraction of sp³-hybridized carbons (Fsp3) is 0.417. The summed E-state index contributed by atoms with van der Waals surface area (Å²) in [5, 5.41) is 18.4.